The zero-order chi connectivity index (χ0) is 18.5. The number of nitrogens with one attached hydrogen (secondary N) is 1. The number of anilines is 1. The van der Waals surface area contributed by atoms with E-state index in [9.17, 15) is 9.59 Å². The number of halogens is 1. The minimum absolute atomic E-state index is 0.0398. The van der Waals surface area contributed by atoms with Crippen molar-refractivity contribution in [3.63, 3.8) is 0 Å². The first-order chi connectivity index (χ1) is 12.5. The van der Waals surface area contributed by atoms with E-state index < -0.39 is 5.91 Å². The molecular formula is C20H22BrN3O2. The minimum atomic E-state index is -0.537. The van der Waals surface area contributed by atoms with E-state index >= 15 is 0 Å². The van der Waals surface area contributed by atoms with Gasteiger partial charge in [-0.3, -0.25) is 14.5 Å². The van der Waals surface area contributed by atoms with Crippen LogP contribution in [0.5, 0.6) is 0 Å². The van der Waals surface area contributed by atoms with Crippen LogP contribution in [0.2, 0.25) is 0 Å². The summed E-state index contributed by atoms with van der Waals surface area (Å²) in [4.78, 5) is 26.4. The van der Waals surface area contributed by atoms with Gasteiger partial charge >= 0.3 is 0 Å². The van der Waals surface area contributed by atoms with Gasteiger partial charge in [-0.15, -0.1) is 0 Å². The number of amides is 2. The highest BCUT2D eigenvalue weighted by molar-refractivity contribution is 9.10. The summed E-state index contributed by atoms with van der Waals surface area (Å²) < 4.78 is 1.08. The Hall–Kier alpha value is -2.18. The number of rotatable bonds is 5. The quantitative estimate of drug-likeness (QED) is 0.785. The number of hydrogen-bond acceptors (Lipinski definition) is 3. The van der Waals surface area contributed by atoms with E-state index in [4.69, 9.17) is 5.73 Å². The summed E-state index contributed by atoms with van der Waals surface area (Å²) in [6.45, 7) is 2.66. The molecule has 0 saturated carbocycles. The van der Waals surface area contributed by atoms with E-state index in [1.54, 1.807) is 24.3 Å². The van der Waals surface area contributed by atoms with E-state index in [1.807, 2.05) is 12.1 Å². The summed E-state index contributed by atoms with van der Waals surface area (Å²) in [7, 11) is 0. The van der Waals surface area contributed by atoms with Gasteiger partial charge in [0.05, 0.1) is 11.3 Å². The van der Waals surface area contributed by atoms with Crippen molar-refractivity contribution < 1.29 is 9.59 Å². The van der Waals surface area contributed by atoms with Crippen LogP contribution in [0.4, 0.5) is 5.69 Å². The van der Waals surface area contributed by atoms with Crippen LogP contribution in [0.15, 0.2) is 53.0 Å². The smallest absolute Gasteiger partial charge is 0.250 e. The van der Waals surface area contributed by atoms with E-state index in [0.29, 0.717) is 11.3 Å². The maximum absolute atomic E-state index is 12.6. The van der Waals surface area contributed by atoms with Crippen molar-refractivity contribution in [3.8, 4) is 0 Å². The first-order valence-electron chi connectivity index (χ1n) is 8.69. The molecule has 1 saturated heterocycles. The molecule has 0 aliphatic carbocycles. The molecule has 2 aromatic carbocycles. The number of primary amides is 1. The van der Waals surface area contributed by atoms with Gasteiger partial charge in [0.1, 0.15) is 0 Å². The summed E-state index contributed by atoms with van der Waals surface area (Å²) in [5.74, 6) is -0.621. The molecule has 3 rings (SSSR count). The maximum Gasteiger partial charge on any atom is 0.250 e. The van der Waals surface area contributed by atoms with Crippen molar-refractivity contribution in [2.75, 3.05) is 18.4 Å². The fourth-order valence-corrected chi connectivity index (χ4v) is 3.51. The topological polar surface area (TPSA) is 75.4 Å². The van der Waals surface area contributed by atoms with Crippen LogP contribution in [0.1, 0.15) is 28.8 Å². The van der Waals surface area contributed by atoms with Gasteiger partial charge in [0.2, 0.25) is 5.91 Å². The first-order valence-corrected chi connectivity index (χ1v) is 9.49. The van der Waals surface area contributed by atoms with E-state index in [0.717, 1.165) is 36.9 Å². The van der Waals surface area contributed by atoms with Crippen LogP contribution in [0, 0.1) is 5.92 Å². The number of hydrogen-bond donors (Lipinski definition) is 2. The summed E-state index contributed by atoms with van der Waals surface area (Å²) >= 11 is 3.45. The molecule has 6 heteroatoms. The Kier molecular flexibility index (Phi) is 6.06. The Morgan fingerprint density at radius 2 is 1.73 bits per heavy atom. The molecule has 136 valence electrons. The normalized spacial score (nSPS) is 15.6. The average Bonchev–Trinajstić information content (AvgIpc) is 2.64. The fourth-order valence-electron chi connectivity index (χ4n) is 3.24. The second-order valence-corrected chi connectivity index (χ2v) is 7.49. The molecule has 1 aliphatic heterocycles. The second-order valence-electron chi connectivity index (χ2n) is 6.58. The van der Waals surface area contributed by atoms with E-state index in [1.165, 1.54) is 5.56 Å². The van der Waals surface area contributed by atoms with Gasteiger partial charge < -0.3 is 11.1 Å². The number of para-hydroxylation sites is 1. The number of nitrogens with zero attached hydrogens (tertiary/aromatic N) is 1. The number of benzene rings is 2. The minimum Gasteiger partial charge on any atom is -0.366 e. The lowest BCUT2D eigenvalue weighted by atomic mass is 9.95. The van der Waals surface area contributed by atoms with Crippen molar-refractivity contribution in [3.05, 3.63) is 64.1 Å². The van der Waals surface area contributed by atoms with Crippen LogP contribution < -0.4 is 11.1 Å². The summed E-state index contributed by atoms with van der Waals surface area (Å²) in [6.07, 6.45) is 1.61. The molecule has 1 aliphatic rings. The molecule has 1 heterocycles. The van der Waals surface area contributed by atoms with Crippen molar-refractivity contribution in [1.29, 1.82) is 0 Å². The van der Waals surface area contributed by atoms with Gasteiger partial charge in [-0.2, -0.15) is 0 Å². The third-order valence-corrected chi connectivity index (χ3v) is 5.26. The Bertz CT molecular complexity index is 784. The van der Waals surface area contributed by atoms with Crippen molar-refractivity contribution in [2.24, 2.45) is 11.7 Å². The van der Waals surface area contributed by atoms with Gasteiger partial charge in [-0.25, -0.2) is 0 Å². The van der Waals surface area contributed by atoms with Crippen LogP contribution in [0.3, 0.4) is 0 Å². The predicted octanol–water partition coefficient (Wildman–Crippen LogP) is 3.40. The Morgan fingerprint density at radius 3 is 2.38 bits per heavy atom. The van der Waals surface area contributed by atoms with Crippen LogP contribution in [-0.2, 0) is 11.3 Å². The Morgan fingerprint density at radius 1 is 1.08 bits per heavy atom. The molecule has 2 aromatic rings. The van der Waals surface area contributed by atoms with Crippen LogP contribution in [0.25, 0.3) is 0 Å². The molecule has 0 atom stereocenters. The molecule has 2 amide bonds. The third-order valence-electron chi connectivity index (χ3n) is 4.73. The molecule has 0 aromatic heterocycles. The van der Waals surface area contributed by atoms with E-state index in [-0.39, 0.29) is 11.8 Å². The highest BCUT2D eigenvalue weighted by atomic mass is 79.9. The number of carbonyl (C=O) groups excluding carboxylic acids is 2. The zero-order valence-corrected chi connectivity index (χ0v) is 16.0. The molecule has 0 bridgehead atoms. The lowest BCUT2D eigenvalue weighted by molar-refractivity contribution is -0.121. The maximum atomic E-state index is 12.6. The lowest BCUT2D eigenvalue weighted by Gasteiger charge is -2.31. The number of piperidine rings is 1. The van der Waals surface area contributed by atoms with Crippen LogP contribution >= 0.6 is 15.9 Å². The second kappa shape index (κ2) is 8.47. The van der Waals surface area contributed by atoms with Crippen molar-refractivity contribution >= 4 is 33.4 Å². The van der Waals surface area contributed by atoms with Gasteiger partial charge in [-0.05, 0) is 55.8 Å². The van der Waals surface area contributed by atoms with Crippen molar-refractivity contribution in [1.82, 2.24) is 4.90 Å². The molecule has 0 spiro atoms. The molecule has 26 heavy (non-hydrogen) atoms. The first kappa shape index (κ1) is 18.6. The van der Waals surface area contributed by atoms with Gasteiger partial charge in [0.15, 0.2) is 0 Å². The monoisotopic (exact) mass is 415 g/mol. The number of nitrogens with two attached hydrogens (primary N) is 1. The fraction of sp³-hybridized carbons (Fsp3) is 0.300. The SMILES string of the molecule is NC(=O)c1ccccc1NC(=O)C1CCN(Cc2ccc(Br)cc2)CC1. The van der Waals surface area contributed by atoms with Gasteiger partial charge in [-0.1, -0.05) is 40.2 Å². The molecular weight excluding hydrogens is 394 g/mol. The molecule has 1 fully saturated rings. The largest absolute Gasteiger partial charge is 0.366 e. The molecule has 3 N–H and O–H groups in total. The molecule has 5 nitrogen and oxygen atoms in total. The number of likely N-dealkylation sites (tertiary alicyclic amines) is 1. The van der Waals surface area contributed by atoms with Gasteiger partial charge in [0, 0.05) is 16.9 Å². The van der Waals surface area contributed by atoms with E-state index in [2.05, 4.69) is 38.3 Å². The number of carbonyl (C=O) groups is 2. The van der Waals surface area contributed by atoms with Crippen molar-refractivity contribution in [2.45, 2.75) is 19.4 Å². The Labute approximate surface area is 161 Å². The highest BCUT2D eigenvalue weighted by Gasteiger charge is 2.25. The summed E-state index contributed by atoms with van der Waals surface area (Å²) in [5, 5.41) is 2.87. The predicted molar refractivity (Wildman–Crippen MR) is 106 cm³/mol. The average molecular weight is 416 g/mol. The molecule has 0 radical (unpaired) electrons. The Balaban J connectivity index is 1.54. The lowest BCUT2D eigenvalue weighted by Crippen LogP contribution is -2.38. The zero-order valence-electron chi connectivity index (χ0n) is 14.5. The van der Waals surface area contributed by atoms with Crippen LogP contribution in [-0.4, -0.2) is 29.8 Å². The van der Waals surface area contributed by atoms with Gasteiger partial charge in [0.25, 0.3) is 5.91 Å². The third kappa shape index (κ3) is 4.71. The summed E-state index contributed by atoms with van der Waals surface area (Å²) in [6, 6.07) is 15.2. The molecule has 0 unspecified atom stereocenters. The standard InChI is InChI=1S/C20H22BrN3O2/c21-16-7-5-14(6-8-16)13-24-11-9-15(10-12-24)20(26)23-18-4-2-1-3-17(18)19(22)25/h1-8,15H,9-13H2,(H2,22,25)(H,23,26). The summed E-state index contributed by atoms with van der Waals surface area (Å²) in [5.41, 5.74) is 7.47. The highest BCUT2D eigenvalue weighted by Crippen LogP contribution is 2.22.